The van der Waals surface area contributed by atoms with Crippen LogP contribution < -0.4 is 5.32 Å². The Kier molecular flexibility index (Phi) is 4.14. The number of nitrogens with zero attached hydrogens (tertiary/aromatic N) is 1. The van der Waals surface area contributed by atoms with Crippen molar-refractivity contribution in [2.75, 3.05) is 26.2 Å². The molecule has 8 heteroatoms. The van der Waals surface area contributed by atoms with Gasteiger partial charge < -0.3 is 10.4 Å². The zero-order chi connectivity index (χ0) is 14.9. The second-order valence-corrected chi connectivity index (χ2v) is 4.52. The smallest absolute Gasteiger partial charge is 0.408 e. The third-order valence-electron chi connectivity index (χ3n) is 3.21. The van der Waals surface area contributed by atoms with E-state index in [9.17, 15) is 27.1 Å². The molecule has 0 aromatic heterocycles. The predicted octanol–water partition coefficient (Wildman–Crippen LogP) is 2.18. The zero-order valence-corrected chi connectivity index (χ0v) is 10.3. The van der Waals surface area contributed by atoms with Crippen molar-refractivity contribution in [1.82, 2.24) is 10.2 Å². The molecule has 0 amide bonds. The van der Waals surface area contributed by atoms with Crippen molar-refractivity contribution in [2.45, 2.75) is 12.2 Å². The Hall–Kier alpha value is -1.41. The lowest BCUT2D eigenvalue weighted by molar-refractivity contribution is -0.189. The summed E-state index contributed by atoms with van der Waals surface area (Å²) in [5, 5.41) is 12.4. The molecule has 0 radical (unpaired) electrons. The lowest BCUT2D eigenvalue weighted by Crippen LogP contribution is -2.49. The average Bonchev–Trinajstić information content (AvgIpc) is 2.39. The molecule has 20 heavy (non-hydrogen) atoms. The molecule has 0 aliphatic carbocycles. The summed E-state index contributed by atoms with van der Waals surface area (Å²) in [4.78, 5) is 0.980. The normalized spacial score (nSPS) is 19.1. The minimum absolute atomic E-state index is 0.0274. The number of aromatic hydroxyl groups is 1. The van der Waals surface area contributed by atoms with Crippen LogP contribution in [0.25, 0.3) is 0 Å². The fourth-order valence-electron chi connectivity index (χ4n) is 2.31. The van der Waals surface area contributed by atoms with Gasteiger partial charge in [-0.05, 0) is 12.1 Å². The van der Waals surface area contributed by atoms with Crippen molar-refractivity contribution in [1.29, 1.82) is 0 Å². The minimum Gasteiger partial charge on any atom is -0.505 e. The molecular formula is C12H13F5N2O. The van der Waals surface area contributed by atoms with Crippen LogP contribution >= 0.6 is 0 Å². The molecule has 2 N–H and O–H groups in total. The quantitative estimate of drug-likeness (QED) is 0.821. The summed E-state index contributed by atoms with van der Waals surface area (Å²) < 4.78 is 66.6. The standard InChI is InChI=1S/C12H13F5N2O/c13-7-1-2-8(14)10(20)9(7)11(12(15,16)17)19-5-3-18-4-6-19/h1-2,11,18,20H,3-6H2/t11-/m0/s1. The van der Waals surface area contributed by atoms with Gasteiger partial charge in [-0.3, -0.25) is 4.90 Å². The van der Waals surface area contributed by atoms with Crippen LogP contribution in [0.1, 0.15) is 11.6 Å². The molecule has 1 saturated heterocycles. The maximum atomic E-state index is 13.7. The van der Waals surface area contributed by atoms with Crippen molar-refractivity contribution in [3.8, 4) is 5.75 Å². The number of hydrogen-bond acceptors (Lipinski definition) is 3. The van der Waals surface area contributed by atoms with Crippen molar-refractivity contribution >= 4 is 0 Å². The highest BCUT2D eigenvalue weighted by Crippen LogP contribution is 2.43. The van der Waals surface area contributed by atoms with E-state index in [1.165, 1.54) is 0 Å². The van der Waals surface area contributed by atoms with Crippen LogP contribution in [0, 0.1) is 11.6 Å². The van der Waals surface area contributed by atoms with E-state index in [2.05, 4.69) is 5.32 Å². The van der Waals surface area contributed by atoms with E-state index in [1.54, 1.807) is 0 Å². The molecule has 0 unspecified atom stereocenters. The summed E-state index contributed by atoms with van der Waals surface area (Å²) in [5.74, 6) is -3.83. The van der Waals surface area contributed by atoms with E-state index < -0.39 is 35.2 Å². The van der Waals surface area contributed by atoms with Gasteiger partial charge in [0.15, 0.2) is 11.6 Å². The van der Waals surface area contributed by atoms with Gasteiger partial charge in [0.05, 0.1) is 5.56 Å². The Morgan fingerprint density at radius 3 is 2.20 bits per heavy atom. The Labute approximate surface area is 112 Å². The lowest BCUT2D eigenvalue weighted by Gasteiger charge is -2.36. The van der Waals surface area contributed by atoms with E-state index in [4.69, 9.17) is 0 Å². The van der Waals surface area contributed by atoms with Gasteiger partial charge in [-0.25, -0.2) is 8.78 Å². The highest BCUT2D eigenvalue weighted by Gasteiger charge is 2.47. The number of piperazine rings is 1. The molecule has 1 heterocycles. The van der Waals surface area contributed by atoms with E-state index in [1.807, 2.05) is 0 Å². The molecule has 1 fully saturated rings. The molecule has 1 aliphatic heterocycles. The monoisotopic (exact) mass is 296 g/mol. The van der Waals surface area contributed by atoms with Gasteiger partial charge in [-0.15, -0.1) is 0 Å². The molecule has 1 atom stereocenters. The SMILES string of the molecule is Oc1c(F)ccc(F)c1[C@H](N1CCNCC1)C(F)(F)F. The van der Waals surface area contributed by atoms with Crippen LogP contribution in [0.2, 0.25) is 0 Å². The maximum absolute atomic E-state index is 13.7. The topological polar surface area (TPSA) is 35.5 Å². The van der Waals surface area contributed by atoms with Crippen LogP contribution in [0.4, 0.5) is 22.0 Å². The summed E-state index contributed by atoms with van der Waals surface area (Å²) in [7, 11) is 0. The predicted molar refractivity (Wildman–Crippen MR) is 61.3 cm³/mol. The highest BCUT2D eigenvalue weighted by atomic mass is 19.4. The molecule has 2 rings (SSSR count). The molecule has 3 nitrogen and oxygen atoms in total. The lowest BCUT2D eigenvalue weighted by atomic mass is 10.0. The molecule has 0 spiro atoms. The number of phenols is 1. The van der Waals surface area contributed by atoms with Crippen LogP contribution in [0.15, 0.2) is 12.1 Å². The summed E-state index contributed by atoms with van der Waals surface area (Å²) in [6, 6.07) is -1.18. The van der Waals surface area contributed by atoms with Crippen molar-refractivity contribution in [3.63, 3.8) is 0 Å². The first-order chi connectivity index (χ1) is 9.32. The minimum atomic E-state index is -4.82. The maximum Gasteiger partial charge on any atom is 0.408 e. The van der Waals surface area contributed by atoms with Crippen molar-refractivity contribution in [2.24, 2.45) is 0 Å². The number of halogens is 5. The Balaban J connectivity index is 2.49. The number of benzene rings is 1. The van der Waals surface area contributed by atoms with Gasteiger partial charge in [0, 0.05) is 26.2 Å². The fourth-order valence-corrected chi connectivity index (χ4v) is 2.31. The Morgan fingerprint density at radius 1 is 1.10 bits per heavy atom. The second-order valence-electron chi connectivity index (χ2n) is 4.52. The number of hydrogen-bond donors (Lipinski definition) is 2. The number of phenolic OH excluding ortho intramolecular Hbond substituents is 1. The number of alkyl halides is 3. The van der Waals surface area contributed by atoms with Crippen LogP contribution in [-0.4, -0.2) is 42.4 Å². The fraction of sp³-hybridized carbons (Fsp3) is 0.500. The largest absolute Gasteiger partial charge is 0.505 e. The first kappa shape index (κ1) is 15.0. The molecule has 112 valence electrons. The molecule has 1 aromatic carbocycles. The Bertz CT molecular complexity index is 485. The molecule has 0 saturated carbocycles. The van der Waals surface area contributed by atoms with Gasteiger partial charge in [-0.1, -0.05) is 0 Å². The summed E-state index contributed by atoms with van der Waals surface area (Å²) in [6.07, 6.45) is -4.82. The van der Waals surface area contributed by atoms with Crippen LogP contribution in [0.3, 0.4) is 0 Å². The number of nitrogens with one attached hydrogen (secondary N) is 1. The first-order valence-electron chi connectivity index (χ1n) is 6.00. The summed E-state index contributed by atoms with van der Waals surface area (Å²) in [5.41, 5.74) is -1.06. The third kappa shape index (κ3) is 2.85. The van der Waals surface area contributed by atoms with Gasteiger partial charge in [0.2, 0.25) is 0 Å². The van der Waals surface area contributed by atoms with Crippen LogP contribution in [-0.2, 0) is 0 Å². The first-order valence-corrected chi connectivity index (χ1v) is 6.00. The van der Waals surface area contributed by atoms with E-state index in [-0.39, 0.29) is 13.1 Å². The average molecular weight is 296 g/mol. The molecular weight excluding hydrogens is 283 g/mol. The summed E-state index contributed by atoms with van der Waals surface area (Å²) in [6.45, 7) is 0.674. The van der Waals surface area contributed by atoms with Crippen LogP contribution in [0.5, 0.6) is 5.75 Å². The van der Waals surface area contributed by atoms with Crippen molar-refractivity contribution < 1.29 is 27.1 Å². The van der Waals surface area contributed by atoms with Gasteiger partial charge in [0.25, 0.3) is 0 Å². The molecule has 1 aromatic rings. The molecule has 0 bridgehead atoms. The van der Waals surface area contributed by atoms with Crippen molar-refractivity contribution in [3.05, 3.63) is 29.3 Å². The van der Waals surface area contributed by atoms with E-state index in [0.29, 0.717) is 25.2 Å². The highest BCUT2D eigenvalue weighted by molar-refractivity contribution is 5.38. The third-order valence-corrected chi connectivity index (χ3v) is 3.21. The van der Waals surface area contributed by atoms with E-state index >= 15 is 0 Å². The zero-order valence-electron chi connectivity index (χ0n) is 10.3. The van der Waals surface area contributed by atoms with Gasteiger partial charge >= 0.3 is 6.18 Å². The number of rotatable bonds is 2. The Morgan fingerprint density at radius 2 is 1.65 bits per heavy atom. The van der Waals surface area contributed by atoms with E-state index in [0.717, 1.165) is 4.90 Å². The second kappa shape index (κ2) is 5.53. The summed E-state index contributed by atoms with van der Waals surface area (Å²) >= 11 is 0. The van der Waals surface area contributed by atoms with Gasteiger partial charge in [0.1, 0.15) is 11.9 Å². The molecule has 1 aliphatic rings. The van der Waals surface area contributed by atoms with Gasteiger partial charge in [-0.2, -0.15) is 13.2 Å².